The van der Waals surface area contributed by atoms with E-state index in [0.717, 1.165) is 44.8 Å². The lowest BCUT2D eigenvalue weighted by molar-refractivity contribution is 0.270. The van der Waals surface area contributed by atoms with Gasteiger partial charge in [0, 0.05) is 32.6 Å². The summed E-state index contributed by atoms with van der Waals surface area (Å²) in [5, 5.41) is 8.04. The lowest BCUT2D eigenvalue weighted by Gasteiger charge is -2.20. The Balaban J connectivity index is 1.59. The molecule has 0 saturated carbocycles. The number of nitrogens with zero attached hydrogens (tertiary/aromatic N) is 4. The quantitative estimate of drug-likeness (QED) is 0.710. The molecular weight excluding hydrogens is 386 g/mol. The van der Waals surface area contributed by atoms with E-state index in [1.807, 2.05) is 0 Å². The SMILES string of the molecule is CC(C)Cc1ccc(CN2CCc3nnc(CNS(=O)(=O)C(C)C)n3CC2)cc1. The third-order valence-electron chi connectivity index (χ3n) is 5.32. The summed E-state index contributed by atoms with van der Waals surface area (Å²) in [6.07, 6.45) is 1.93. The molecule has 1 aromatic heterocycles. The summed E-state index contributed by atoms with van der Waals surface area (Å²) in [6, 6.07) is 8.94. The maximum absolute atomic E-state index is 12.0. The molecule has 8 heteroatoms. The van der Waals surface area contributed by atoms with Gasteiger partial charge in [0.25, 0.3) is 0 Å². The molecular formula is C21H33N5O2S. The van der Waals surface area contributed by atoms with Crippen LogP contribution in [0, 0.1) is 5.92 Å². The standard InChI is InChI=1S/C21H33N5O2S/c1-16(2)13-18-5-7-19(8-6-18)15-25-10-9-20-23-24-21(26(20)12-11-25)14-22-29(27,28)17(3)4/h5-8,16-17,22H,9-15H2,1-4H3. The molecule has 0 saturated heterocycles. The van der Waals surface area contributed by atoms with Crippen molar-refractivity contribution >= 4 is 10.0 Å². The Morgan fingerprint density at radius 1 is 1.00 bits per heavy atom. The summed E-state index contributed by atoms with van der Waals surface area (Å²) in [6.45, 7) is 11.5. The monoisotopic (exact) mass is 419 g/mol. The van der Waals surface area contributed by atoms with Crippen molar-refractivity contribution in [3.63, 3.8) is 0 Å². The highest BCUT2D eigenvalue weighted by Crippen LogP contribution is 2.15. The van der Waals surface area contributed by atoms with Gasteiger partial charge in [0.05, 0.1) is 11.8 Å². The fourth-order valence-corrected chi connectivity index (χ4v) is 4.22. The first kappa shape index (κ1) is 21.9. The smallest absolute Gasteiger partial charge is 0.214 e. The number of rotatable bonds is 8. The second-order valence-electron chi connectivity index (χ2n) is 8.54. The van der Waals surface area contributed by atoms with Crippen LogP contribution in [-0.4, -0.2) is 46.4 Å². The van der Waals surface area contributed by atoms with Gasteiger partial charge in [-0.15, -0.1) is 10.2 Å². The van der Waals surface area contributed by atoms with E-state index in [2.05, 4.69) is 62.5 Å². The number of hydrogen-bond donors (Lipinski definition) is 1. The van der Waals surface area contributed by atoms with Gasteiger partial charge < -0.3 is 4.57 Å². The summed E-state index contributed by atoms with van der Waals surface area (Å²) < 4.78 is 28.7. The number of benzene rings is 1. The van der Waals surface area contributed by atoms with Gasteiger partial charge in [0.1, 0.15) is 11.6 Å². The molecule has 0 fully saturated rings. The first-order valence-electron chi connectivity index (χ1n) is 10.4. The molecule has 2 heterocycles. The molecule has 1 N–H and O–H groups in total. The average molecular weight is 420 g/mol. The predicted octanol–water partition coefficient (Wildman–Crippen LogP) is 2.36. The molecule has 29 heavy (non-hydrogen) atoms. The van der Waals surface area contributed by atoms with Crippen molar-refractivity contribution in [1.29, 1.82) is 0 Å². The minimum atomic E-state index is -3.31. The molecule has 0 spiro atoms. The predicted molar refractivity (Wildman–Crippen MR) is 115 cm³/mol. The van der Waals surface area contributed by atoms with Crippen molar-refractivity contribution in [3.05, 3.63) is 47.0 Å². The van der Waals surface area contributed by atoms with E-state index in [-0.39, 0.29) is 6.54 Å². The number of hydrogen-bond acceptors (Lipinski definition) is 5. The minimum absolute atomic E-state index is 0.185. The van der Waals surface area contributed by atoms with Gasteiger partial charge in [-0.25, -0.2) is 13.1 Å². The van der Waals surface area contributed by atoms with Gasteiger partial charge in [0.2, 0.25) is 10.0 Å². The van der Waals surface area contributed by atoms with Crippen LogP contribution in [0.5, 0.6) is 0 Å². The van der Waals surface area contributed by atoms with Crippen LogP contribution in [0.25, 0.3) is 0 Å². The zero-order valence-corrected chi connectivity index (χ0v) is 18.7. The largest absolute Gasteiger partial charge is 0.313 e. The first-order valence-corrected chi connectivity index (χ1v) is 12.0. The topological polar surface area (TPSA) is 80.1 Å². The summed E-state index contributed by atoms with van der Waals surface area (Å²) in [5.41, 5.74) is 2.71. The molecule has 0 atom stereocenters. The lowest BCUT2D eigenvalue weighted by atomic mass is 10.0. The summed E-state index contributed by atoms with van der Waals surface area (Å²) in [5.74, 6) is 2.28. The van der Waals surface area contributed by atoms with Crippen molar-refractivity contribution in [3.8, 4) is 0 Å². The van der Waals surface area contributed by atoms with Crippen LogP contribution in [0.4, 0.5) is 0 Å². The van der Waals surface area contributed by atoms with E-state index in [9.17, 15) is 8.42 Å². The Kier molecular flexibility index (Phi) is 7.08. The molecule has 0 radical (unpaired) electrons. The molecule has 0 bridgehead atoms. The first-order chi connectivity index (χ1) is 13.7. The third kappa shape index (κ3) is 5.87. The van der Waals surface area contributed by atoms with Gasteiger partial charge >= 0.3 is 0 Å². The van der Waals surface area contributed by atoms with E-state index in [1.54, 1.807) is 13.8 Å². The molecule has 3 rings (SSSR count). The molecule has 1 aromatic carbocycles. The number of sulfonamides is 1. The molecule has 0 amide bonds. The Bertz CT molecular complexity index is 904. The molecule has 2 aromatic rings. The van der Waals surface area contributed by atoms with E-state index in [0.29, 0.717) is 11.7 Å². The average Bonchev–Trinajstić information content (AvgIpc) is 2.94. The van der Waals surface area contributed by atoms with Gasteiger partial charge in [-0.2, -0.15) is 0 Å². The minimum Gasteiger partial charge on any atom is -0.313 e. The normalized spacial score (nSPS) is 15.7. The maximum atomic E-state index is 12.0. The fourth-order valence-electron chi connectivity index (χ4n) is 3.56. The number of nitrogens with one attached hydrogen (secondary N) is 1. The van der Waals surface area contributed by atoms with Crippen molar-refractivity contribution in [2.24, 2.45) is 5.92 Å². The molecule has 160 valence electrons. The van der Waals surface area contributed by atoms with Crippen molar-refractivity contribution in [1.82, 2.24) is 24.4 Å². The second kappa shape index (κ2) is 9.36. The van der Waals surface area contributed by atoms with Gasteiger partial charge in [-0.3, -0.25) is 4.90 Å². The van der Waals surface area contributed by atoms with Crippen LogP contribution in [-0.2, 0) is 42.5 Å². The highest BCUT2D eigenvalue weighted by Gasteiger charge is 2.21. The molecule has 1 aliphatic rings. The van der Waals surface area contributed by atoms with Crippen molar-refractivity contribution in [2.75, 3.05) is 13.1 Å². The zero-order chi connectivity index (χ0) is 21.0. The highest BCUT2D eigenvalue weighted by atomic mass is 32.2. The van der Waals surface area contributed by atoms with Crippen molar-refractivity contribution < 1.29 is 8.42 Å². The molecule has 0 unspecified atom stereocenters. The van der Waals surface area contributed by atoms with E-state index >= 15 is 0 Å². The summed E-state index contributed by atoms with van der Waals surface area (Å²) in [7, 11) is -3.31. The third-order valence-corrected chi connectivity index (χ3v) is 7.11. The van der Waals surface area contributed by atoms with Gasteiger partial charge in [-0.1, -0.05) is 38.1 Å². The summed E-state index contributed by atoms with van der Waals surface area (Å²) in [4.78, 5) is 2.42. The van der Waals surface area contributed by atoms with Crippen LogP contribution in [0.2, 0.25) is 0 Å². The van der Waals surface area contributed by atoms with E-state index < -0.39 is 15.3 Å². The van der Waals surface area contributed by atoms with E-state index in [1.165, 1.54) is 11.1 Å². The van der Waals surface area contributed by atoms with Crippen LogP contribution in [0.15, 0.2) is 24.3 Å². The van der Waals surface area contributed by atoms with Gasteiger partial charge in [-0.05, 0) is 37.3 Å². The lowest BCUT2D eigenvalue weighted by Crippen LogP contribution is -2.31. The molecule has 7 nitrogen and oxygen atoms in total. The molecule has 1 aliphatic heterocycles. The highest BCUT2D eigenvalue weighted by molar-refractivity contribution is 7.90. The number of fused-ring (bicyclic) bond motifs is 1. The number of aromatic nitrogens is 3. The van der Waals surface area contributed by atoms with Crippen LogP contribution >= 0.6 is 0 Å². The second-order valence-corrected chi connectivity index (χ2v) is 10.9. The Labute approximate surface area is 174 Å². The van der Waals surface area contributed by atoms with Crippen molar-refractivity contribution in [2.45, 2.75) is 65.4 Å². The van der Waals surface area contributed by atoms with Gasteiger partial charge in [0.15, 0.2) is 0 Å². The fraction of sp³-hybridized carbons (Fsp3) is 0.619. The Morgan fingerprint density at radius 2 is 1.69 bits per heavy atom. The zero-order valence-electron chi connectivity index (χ0n) is 17.9. The van der Waals surface area contributed by atoms with Crippen LogP contribution in [0.1, 0.15) is 50.5 Å². The van der Waals surface area contributed by atoms with Crippen LogP contribution in [0.3, 0.4) is 0 Å². The maximum Gasteiger partial charge on any atom is 0.214 e. The molecule has 0 aliphatic carbocycles. The summed E-state index contributed by atoms with van der Waals surface area (Å²) >= 11 is 0. The van der Waals surface area contributed by atoms with Crippen LogP contribution < -0.4 is 4.72 Å². The van der Waals surface area contributed by atoms with E-state index in [4.69, 9.17) is 0 Å². The Morgan fingerprint density at radius 3 is 2.34 bits per heavy atom. The Hall–Kier alpha value is -1.77.